The van der Waals surface area contributed by atoms with Gasteiger partial charge in [-0.05, 0) is 41.0 Å². The van der Waals surface area contributed by atoms with Crippen LogP contribution in [0.15, 0.2) is 78.9 Å². The van der Waals surface area contributed by atoms with Crippen LogP contribution < -0.4 is 10.1 Å². The molecule has 1 aromatic heterocycles. The number of anilines is 1. The standard InChI is InChI=1S/C25H22N2O4/c1-31-20-13-9-18(10-14-20)17-7-11-19(12-8-17)26-24(29)22-23(28)21(27-25(22)30)15-16-5-3-2-4-6-16/h2-14,27-28,30H,15H2,1H3,(H,26,29). The fraction of sp³-hybridized carbons (Fsp3) is 0.0800. The van der Waals surface area contributed by atoms with Crippen LogP contribution in [0.2, 0.25) is 0 Å². The number of amides is 1. The Morgan fingerprint density at radius 3 is 2.13 bits per heavy atom. The molecule has 0 fully saturated rings. The number of benzene rings is 3. The van der Waals surface area contributed by atoms with E-state index in [1.54, 1.807) is 19.2 Å². The Balaban J connectivity index is 1.49. The average Bonchev–Trinajstić information content (AvgIpc) is 3.08. The number of hydrogen-bond donors (Lipinski definition) is 4. The van der Waals surface area contributed by atoms with Gasteiger partial charge in [-0.15, -0.1) is 0 Å². The van der Waals surface area contributed by atoms with Crippen LogP contribution in [0.5, 0.6) is 17.4 Å². The first kappa shape index (κ1) is 20.1. The van der Waals surface area contributed by atoms with E-state index in [2.05, 4.69) is 10.3 Å². The maximum Gasteiger partial charge on any atom is 0.264 e. The van der Waals surface area contributed by atoms with Gasteiger partial charge in [0.1, 0.15) is 11.3 Å². The van der Waals surface area contributed by atoms with Crippen LogP contribution in [-0.4, -0.2) is 28.2 Å². The molecular weight excluding hydrogens is 392 g/mol. The lowest BCUT2D eigenvalue weighted by atomic mass is 10.1. The molecule has 0 saturated carbocycles. The zero-order valence-electron chi connectivity index (χ0n) is 16.9. The number of carbonyl (C=O) groups is 1. The van der Waals surface area contributed by atoms with E-state index in [1.165, 1.54) is 0 Å². The molecule has 4 N–H and O–H groups in total. The molecule has 0 aliphatic heterocycles. The molecule has 0 aliphatic carbocycles. The Hall–Kier alpha value is -4.19. The summed E-state index contributed by atoms with van der Waals surface area (Å²) in [5.74, 6) is -0.433. The van der Waals surface area contributed by atoms with Gasteiger partial charge >= 0.3 is 0 Å². The Morgan fingerprint density at radius 2 is 1.52 bits per heavy atom. The number of aromatic nitrogens is 1. The Bertz CT molecular complexity index is 1180. The van der Waals surface area contributed by atoms with Crippen molar-refractivity contribution in [2.24, 2.45) is 0 Å². The number of methoxy groups -OCH3 is 1. The van der Waals surface area contributed by atoms with Crippen LogP contribution >= 0.6 is 0 Å². The molecule has 6 nitrogen and oxygen atoms in total. The fourth-order valence-electron chi connectivity index (χ4n) is 3.39. The van der Waals surface area contributed by atoms with E-state index in [0.29, 0.717) is 17.8 Å². The molecule has 0 bridgehead atoms. The van der Waals surface area contributed by atoms with Crippen LogP contribution in [0.1, 0.15) is 21.6 Å². The number of rotatable bonds is 6. The molecule has 0 unspecified atom stereocenters. The van der Waals surface area contributed by atoms with Crippen molar-refractivity contribution >= 4 is 11.6 Å². The lowest BCUT2D eigenvalue weighted by Crippen LogP contribution is -2.11. The van der Waals surface area contributed by atoms with Crippen molar-refractivity contribution in [3.05, 3.63) is 95.7 Å². The molecule has 0 atom stereocenters. The van der Waals surface area contributed by atoms with Gasteiger partial charge in [0.15, 0.2) is 5.75 Å². The Labute approximate surface area is 179 Å². The van der Waals surface area contributed by atoms with Gasteiger partial charge in [0, 0.05) is 12.1 Å². The third kappa shape index (κ3) is 4.38. The van der Waals surface area contributed by atoms with E-state index in [1.807, 2.05) is 66.7 Å². The first-order chi connectivity index (χ1) is 15.0. The third-order valence-electron chi connectivity index (χ3n) is 5.05. The molecule has 0 radical (unpaired) electrons. The number of H-pyrrole nitrogens is 1. The van der Waals surface area contributed by atoms with E-state index < -0.39 is 5.91 Å². The normalized spacial score (nSPS) is 10.6. The molecule has 156 valence electrons. The van der Waals surface area contributed by atoms with Crippen LogP contribution in [-0.2, 0) is 6.42 Å². The van der Waals surface area contributed by atoms with Gasteiger partial charge in [0.2, 0.25) is 5.88 Å². The van der Waals surface area contributed by atoms with Gasteiger partial charge in [-0.3, -0.25) is 4.79 Å². The van der Waals surface area contributed by atoms with E-state index in [0.717, 1.165) is 22.4 Å². The summed E-state index contributed by atoms with van der Waals surface area (Å²) in [6, 6.07) is 24.5. The zero-order chi connectivity index (χ0) is 21.8. The Morgan fingerprint density at radius 1 is 0.903 bits per heavy atom. The van der Waals surface area contributed by atoms with E-state index >= 15 is 0 Å². The number of ether oxygens (including phenoxy) is 1. The lowest BCUT2D eigenvalue weighted by molar-refractivity contribution is 0.102. The van der Waals surface area contributed by atoms with Gasteiger partial charge in [0.25, 0.3) is 5.91 Å². The number of aromatic hydroxyl groups is 2. The van der Waals surface area contributed by atoms with Crippen LogP contribution in [0.4, 0.5) is 5.69 Å². The largest absolute Gasteiger partial charge is 0.505 e. The molecule has 6 heteroatoms. The quantitative estimate of drug-likeness (QED) is 0.359. The van der Waals surface area contributed by atoms with Crippen molar-refractivity contribution in [1.29, 1.82) is 0 Å². The van der Waals surface area contributed by atoms with E-state index in [9.17, 15) is 15.0 Å². The second kappa shape index (κ2) is 8.67. The van der Waals surface area contributed by atoms with Crippen LogP contribution in [0, 0.1) is 0 Å². The summed E-state index contributed by atoms with van der Waals surface area (Å²) >= 11 is 0. The molecule has 1 amide bonds. The first-order valence-corrected chi connectivity index (χ1v) is 9.77. The third-order valence-corrected chi connectivity index (χ3v) is 5.05. The molecule has 0 aliphatic rings. The molecule has 0 spiro atoms. The summed E-state index contributed by atoms with van der Waals surface area (Å²) in [6.45, 7) is 0. The highest BCUT2D eigenvalue weighted by atomic mass is 16.5. The number of carbonyl (C=O) groups excluding carboxylic acids is 1. The highest BCUT2D eigenvalue weighted by molar-refractivity contribution is 6.08. The van der Waals surface area contributed by atoms with Gasteiger partial charge in [-0.25, -0.2) is 0 Å². The minimum absolute atomic E-state index is 0.176. The van der Waals surface area contributed by atoms with E-state index in [4.69, 9.17) is 4.74 Å². The van der Waals surface area contributed by atoms with Crippen molar-refractivity contribution in [2.75, 3.05) is 12.4 Å². The molecule has 1 heterocycles. The van der Waals surface area contributed by atoms with E-state index in [-0.39, 0.29) is 17.2 Å². The molecule has 4 rings (SSSR count). The monoisotopic (exact) mass is 414 g/mol. The van der Waals surface area contributed by atoms with Crippen molar-refractivity contribution in [2.45, 2.75) is 6.42 Å². The predicted molar refractivity (Wildman–Crippen MR) is 120 cm³/mol. The zero-order valence-corrected chi connectivity index (χ0v) is 16.9. The summed E-state index contributed by atoms with van der Waals surface area (Å²) in [5, 5.41) is 23.4. The molecule has 4 aromatic rings. The maximum absolute atomic E-state index is 12.7. The van der Waals surface area contributed by atoms with Gasteiger partial charge < -0.3 is 25.3 Å². The highest BCUT2D eigenvalue weighted by Gasteiger charge is 2.23. The summed E-state index contributed by atoms with van der Waals surface area (Å²) in [4.78, 5) is 15.4. The minimum Gasteiger partial charge on any atom is -0.505 e. The van der Waals surface area contributed by atoms with Crippen molar-refractivity contribution < 1.29 is 19.7 Å². The molecular formula is C25H22N2O4. The van der Waals surface area contributed by atoms with Crippen molar-refractivity contribution in [3.8, 4) is 28.5 Å². The van der Waals surface area contributed by atoms with Crippen molar-refractivity contribution in [3.63, 3.8) is 0 Å². The Kier molecular flexibility index (Phi) is 5.62. The fourth-order valence-corrected chi connectivity index (χ4v) is 3.39. The number of hydrogen-bond acceptors (Lipinski definition) is 4. The van der Waals surface area contributed by atoms with Crippen LogP contribution in [0.25, 0.3) is 11.1 Å². The smallest absolute Gasteiger partial charge is 0.264 e. The molecule has 3 aromatic carbocycles. The summed E-state index contributed by atoms with van der Waals surface area (Å²) < 4.78 is 5.17. The molecule has 31 heavy (non-hydrogen) atoms. The lowest BCUT2D eigenvalue weighted by Gasteiger charge is -2.08. The molecule has 0 saturated heterocycles. The predicted octanol–water partition coefficient (Wildman–Crippen LogP) is 4.94. The summed E-state index contributed by atoms with van der Waals surface area (Å²) in [7, 11) is 1.62. The average molecular weight is 414 g/mol. The number of nitrogens with one attached hydrogen (secondary N) is 2. The van der Waals surface area contributed by atoms with Gasteiger partial charge in [-0.1, -0.05) is 54.6 Å². The number of aromatic amines is 1. The maximum atomic E-state index is 12.7. The topological polar surface area (TPSA) is 94.6 Å². The summed E-state index contributed by atoms with van der Waals surface area (Å²) in [5.41, 5.74) is 3.70. The SMILES string of the molecule is COc1ccc(-c2ccc(NC(=O)c3c(O)[nH]c(Cc4ccccc4)c3O)cc2)cc1. The minimum atomic E-state index is -0.595. The first-order valence-electron chi connectivity index (χ1n) is 9.77. The highest BCUT2D eigenvalue weighted by Crippen LogP contribution is 2.33. The van der Waals surface area contributed by atoms with Gasteiger partial charge in [-0.2, -0.15) is 0 Å². The van der Waals surface area contributed by atoms with Crippen molar-refractivity contribution in [1.82, 2.24) is 4.98 Å². The van der Waals surface area contributed by atoms with Gasteiger partial charge in [0.05, 0.1) is 12.8 Å². The second-order valence-corrected chi connectivity index (χ2v) is 7.10. The second-order valence-electron chi connectivity index (χ2n) is 7.10. The van der Waals surface area contributed by atoms with Crippen LogP contribution in [0.3, 0.4) is 0 Å². The summed E-state index contributed by atoms with van der Waals surface area (Å²) in [6.07, 6.45) is 0.365.